The Balaban J connectivity index is 1.89. The average molecular weight is 300 g/mol. The second kappa shape index (κ2) is 5.45. The van der Waals surface area contributed by atoms with Crippen LogP contribution in [-0.4, -0.2) is 22.9 Å². The molecule has 6 nitrogen and oxygen atoms in total. The summed E-state index contributed by atoms with van der Waals surface area (Å²) >= 11 is 1.32. The Kier molecular flexibility index (Phi) is 3.49. The number of amides is 1. The van der Waals surface area contributed by atoms with Gasteiger partial charge in [0.2, 0.25) is 0 Å². The standard InChI is InChI=1S/C14H12N4O2S/c1-16-13(19)11-7-9(4-5-17-11)21-14-18-10-3-2-8(15)6-12(10)20-14/h2-7H,15H2,1H3,(H,16,19). The molecule has 0 aliphatic carbocycles. The molecule has 2 heterocycles. The summed E-state index contributed by atoms with van der Waals surface area (Å²) < 4.78 is 5.63. The molecule has 1 amide bonds. The highest BCUT2D eigenvalue weighted by molar-refractivity contribution is 7.99. The zero-order valence-electron chi connectivity index (χ0n) is 11.2. The average Bonchev–Trinajstić information content (AvgIpc) is 2.88. The minimum absolute atomic E-state index is 0.234. The Labute approximate surface area is 124 Å². The first-order valence-corrected chi connectivity index (χ1v) is 6.99. The van der Waals surface area contributed by atoms with Crippen molar-refractivity contribution in [2.75, 3.05) is 12.8 Å². The van der Waals surface area contributed by atoms with Gasteiger partial charge >= 0.3 is 0 Å². The molecule has 7 heteroatoms. The lowest BCUT2D eigenvalue weighted by molar-refractivity contribution is 0.0958. The number of nitrogen functional groups attached to an aromatic ring is 1. The van der Waals surface area contributed by atoms with Crippen molar-refractivity contribution in [3.8, 4) is 0 Å². The van der Waals surface area contributed by atoms with Crippen LogP contribution in [0.3, 0.4) is 0 Å². The predicted molar refractivity (Wildman–Crippen MR) is 80.2 cm³/mol. The zero-order chi connectivity index (χ0) is 14.8. The summed E-state index contributed by atoms with van der Waals surface area (Å²) in [5, 5.41) is 3.03. The van der Waals surface area contributed by atoms with Crippen molar-refractivity contribution in [3.05, 3.63) is 42.2 Å². The van der Waals surface area contributed by atoms with Crippen LogP contribution in [0, 0.1) is 0 Å². The third-order valence-electron chi connectivity index (χ3n) is 2.79. The van der Waals surface area contributed by atoms with Crippen molar-refractivity contribution < 1.29 is 9.21 Å². The number of carbonyl (C=O) groups excluding carboxylic acids is 1. The van der Waals surface area contributed by atoms with Gasteiger partial charge in [0.15, 0.2) is 5.58 Å². The molecule has 0 saturated heterocycles. The fourth-order valence-electron chi connectivity index (χ4n) is 1.79. The van der Waals surface area contributed by atoms with E-state index in [1.54, 1.807) is 43.6 Å². The Morgan fingerprint density at radius 3 is 3.00 bits per heavy atom. The van der Waals surface area contributed by atoms with E-state index >= 15 is 0 Å². The Morgan fingerprint density at radius 1 is 1.33 bits per heavy atom. The van der Waals surface area contributed by atoms with Gasteiger partial charge < -0.3 is 15.5 Å². The van der Waals surface area contributed by atoms with Gasteiger partial charge in [-0.2, -0.15) is 0 Å². The normalized spacial score (nSPS) is 10.7. The third kappa shape index (κ3) is 2.82. The number of hydrogen-bond acceptors (Lipinski definition) is 6. The van der Waals surface area contributed by atoms with Crippen LogP contribution >= 0.6 is 11.8 Å². The summed E-state index contributed by atoms with van der Waals surface area (Å²) in [5.41, 5.74) is 8.06. The molecule has 0 bridgehead atoms. The maximum atomic E-state index is 11.6. The first-order valence-electron chi connectivity index (χ1n) is 6.18. The highest BCUT2D eigenvalue weighted by Crippen LogP contribution is 2.30. The Bertz CT molecular complexity index is 816. The van der Waals surface area contributed by atoms with Gasteiger partial charge in [-0.1, -0.05) is 0 Å². The number of fused-ring (bicyclic) bond motifs is 1. The second-order valence-electron chi connectivity index (χ2n) is 4.26. The van der Waals surface area contributed by atoms with Crippen molar-refractivity contribution >= 4 is 34.5 Å². The van der Waals surface area contributed by atoms with Crippen LogP contribution in [0.2, 0.25) is 0 Å². The first-order chi connectivity index (χ1) is 10.2. The molecule has 21 heavy (non-hydrogen) atoms. The van der Waals surface area contributed by atoms with E-state index < -0.39 is 0 Å². The van der Waals surface area contributed by atoms with Crippen LogP contribution in [0.15, 0.2) is 51.1 Å². The molecule has 1 aromatic carbocycles. The highest BCUT2D eigenvalue weighted by Gasteiger charge is 2.10. The fourth-order valence-corrected chi connectivity index (χ4v) is 2.57. The molecule has 0 aliphatic rings. The van der Waals surface area contributed by atoms with Gasteiger partial charge in [0.25, 0.3) is 11.1 Å². The number of anilines is 1. The van der Waals surface area contributed by atoms with Crippen LogP contribution in [0.1, 0.15) is 10.5 Å². The predicted octanol–water partition coefficient (Wildman–Crippen LogP) is 2.32. The van der Waals surface area contributed by atoms with E-state index in [9.17, 15) is 4.79 Å². The maximum absolute atomic E-state index is 11.6. The largest absolute Gasteiger partial charge is 0.431 e. The maximum Gasteiger partial charge on any atom is 0.269 e. The van der Waals surface area contributed by atoms with E-state index in [2.05, 4.69) is 15.3 Å². The molecule has 106 valence electrons. The van der Waals surface area contributed by atoms with Gasteiger partial charge in [-0.3, -0.25) is 9.78 Å². The highest BCUT2D eigenvalue weighted by atomic mass is 32.2. The van der Waals surface area contributed by atoms with Crippen LogP contribution in [0.25, 0.3) is 11.1 Å². The number of hydrogen-bond donors (Lipinski definition) is 2. The number of nitrogens with two attached hydrogens (primary N) is 1. The van der Waals surface area contributed by atoms with E-state index in [0.29, 0.717) is 22.2 Å². The summed E-state index contributed by atoms with van der Waals surface area (Å²) in [6.45, 7) is 0. The van der Waals surface area contributed by atoms with Crippen molar-refractivity contribution in [3.63, 3.8) is 0 Å². The number of nitrogens with one attached hydrogen (secondary N) is 1. The SMILES string of the molecule is CNC(=O)c1cc(Sc2nc3ccc(N)cc3o2)ccn1. The van der Waals surface area contributed by atoms with E-state index in [0.717, 1.165) is 10.4 Å². The minimum Gasteiger partial charge on any atom is -0.431 e. The number of benzene rings is 1. The lowest BCUT2D eigenvalue weighted by atomic mass is 10.3. The number of aromatic nitrogens is 2. The van der Waals surface area contributed by atoms with Crippen molar-refractivity contribution in [2.45, 2.75) is 10.1 Å². The van der Waals surface area contributed by atoms with Crippen molar-refractivity contribution in [1.29, 1.82) is 0 Å². The summed E-state index contributed by atoms with van der Waals surface area (Å²) in [6, 6.07) is 8.79. The van der Waals surface area contributed by atoms with E-state index in [1.807, 2.05) is 0 Å². The Morgan fingerprint density at radius 2 is 2.19 bits per heavy atom. The molecule has 0 saturated carbocycles. The summed E-state index contributed by atoms with van der Waals surface area (Å²) in [6.07, 6.45) is 1.58. The first kappa shape index (κ1) is 13.4. The van der Waals surface area contributed by atoms with Crippen molar-refractivity contribution in [2.24, 2.45) is 0 Å². The lowest BCUT2D eigenvalue weighted by Crippen LogP contribution is -2.18. The number of carbonyl (C=O) groups is 1. The molecule has 3 rings (SSSR count). The molecule has 0 spiro atoms. The second-order valence-corrected chi connectivity index (χ2v) is 5.29. The van der Waals surface area contributed by atoms with Crippen molar-refractivity contribution in [1.82, 2.24) is 15.3 Å². The van der Waals surface area contributed by atoms with Gasteiger partial charge in [-0.05, 0) is 36.0 Å². The molecule has 0 atom stereocenters. The molecule has 3 N–H and O–H groups in total. The van der Waals surface area contributed by atoms with E-state index in [4.69, 9.17) is 10.2 Å². The van der Waals surface area contributed by atoms with Gasteiger partial charge in [-0.15, -0.1) is 0 Å². The van der Waals surface area contributed by atoms with E-state index in [1.165, 1.54) is 11.8 Å². The van der Waals surface area contributed by atoms with Crippen LogP contribution in [0.5, 0.6) is 0 Å². The number of oxazole rings is 1. The summed E-state index contributed by atoms with van der Waals surface area (Å²) in [4.78, 5) is 20.8. The fraction of sp³-hybridized carbons (Fsp3) is 0.0714. The molecule has 0 aliphatic heterocycles. The van der Waals surface area contributed by atoms with Crippen LogP contribution in [-0.2, 0) is 0 Å². The third-order valence-corrected chi connectivity index (χ3v) is 3.63. The lowest BCUT2D eigenvalue weighted by Gasteiger charge is -2.00. The van der Waals surface area contributed by atoms with Gasteiger partial charge in [-0.25, -0.2) is 4.98 Å². The minimum atomic E-state index is -0.234. The smallest absolute Gasteiger partial charge is 0.269 e. The molecule has 0 unspecified atom stereocenters. The summed E-state index contributed by atoms with van der Waals surface area (Å²) in [7, 11) is 1.56. The van der Waals surface area contributed by atoms with Crippen LogP contribution < -0.4 is 11.1 Å². The molecular weight excluding hydrogens is 288 g/mol. The molecule has 0 fully saturated rings. The Hall–Kier alpha value is -2.54. The van der Waals surface area contributed by atoms with Crippen LogP contribution in [0.4, 0.5) is 5.69 Å². The summed E-state index contributed by atoms with van der Waals surface area (Å²) in [5.74, 6) is -0.234. The molecule has 3 aromatic rings. The molecule has 2 aromatic heterocycles. The van der Waals surface area contributed by atoms with Gasteiger partial charge in [0, 0.05) is 29.9 Å². The van der Waals surface area contributed by atoms with Gasteiger partial charge in [0.05, 0.1) is 0 Å². The quantitative estimate of drug-likeness (QED) is 0.721. The molecule has 0 radical (unpaired) electrons. The van der Waals surface area contributed by atoms with Gasteiger partial charge in [0.1, 0.15) is 11.2 Å². The number of nitrogens with zero attached hydrogens (tertiary/aromatic N) is 2. The monoisotopic (exact) mass is 300 g/mol. The van der Waals surface area contributed by atoms with E-state index in [-0.39, 0.29) is 5.91 Å². The zero-order valence-corrected chi connectivity index (χ0v) is 12.0. The number of rotatable bonds is 3. The topological polar surface area (TPSA) is 94.0 Å². The molecular formula is C14H12N4O2S. The number of pyridine rings is 1.